The molecule has 0 saturated carbocycles. The van der Waals surface area contributed by atoms with Crippen LogP contribution in [0.3, 0.4) is 0 Å². The van der Waals surface area contributed by atoms with Crippen LogP contribution in [0.2, 0.25) is 5.02 Å². The zero-order valence-electron chi connectivity index (χ0n) is 12.6. The highest BCUT2D eigenvalue weighted by molar-refractivity contribution is 6.32. The molecule has 0 spiro atoms. The molecule has 2 nitrogen and oxygen atoms in total. The van der Waals surface area contributed by atoms with E-state index in [2.05, 4.69) is 26.8 Å². The molecule has 0 aliphatic rings. The van der Waals surface area contributed by atoms with Crippen LogP contribution < -0.4 is 10.5 Å². The van der Waals surface area contributed by atoms with Crippen molar-refractivity contribution in [3.05, 3.63) is 27.8 Å². The summed E-state index contributed by atoms with van der Waals surface area (Å²) in [5, 5.41) is 0.860. The Kier molecular flexibility index (Phi) is 6.67. The van der Waals surface area contributed by atoms with E-state index >= 15 is 0 Å². The van der Waals surface area contributed by atoms with Crippen LogP contribution in [0.25, 0.3) is 0 Å². The number of halogens is 1. The normalized spacial score (nSPS) is 12.5. The van der Waals surface area contributed by atoms with Crippen LogP contribution in [0, 0.1) is 13.8 Å². The number of hydrogen-bond donors (Lipinski definition) is 1. The molecule has 1 aromatic rings. The van der Waals surface area contributed by atoms with Gasteiger partial charge in [-0.3, -0.25) is 0 Å². The van der Waals surface area contributed by atoms with Crippen LogP contribution >= 0.6 is 11.6 Å². The van der Waals surface area contributed by atoms with Crippen LogP contribution in [0.1, 0.15) is 55.7 Å². The van der Waals surface area contributed by atoms with Gasteiger partial charge in [-0.1, -0.05) is 25.4 Å². The Hall–Kier alpha value is -0.730. The average Bonchev–Trinajstić information content (AvgIpc) is 2.39. The molecule has 0 bridgehead atoms. The molecule has 0 saturated heterocycles. The van der Waals surface area contributed by atoms with Crippen molar-refractivity contribution in [2.24, 2.45) is 5.73 Å². The minimum absolute atomic E-state index is 0.425. The highest BCUT2D eigenvalue weighted by Gasteiger charge is 2.18. The smallest absolute Gasteiger partial charge is 0.123 e. The molecule has 2 N–H and O–H groups in total. The predicted octanol–water partition coefficient (Wildman–Crippen LogP) is 4.59. The second-order valence-electron chi connectivity index (χ2n) is 5.22. The van der Waals surface area contributed by atoms with Crippen molar-refractivity contribution >= 4 is 11.6 Å². The van der Waals surface area contributed by atoms with Crippen molar-refractivity contribution in [2.75, 3.05) is 13.2 Å². The SMILES string of the molecule is CCCOc1cc(C)c(Cl)c(C)c1C(C)CCCN. The van der Waals surface area contributed by atoms with E-state index in [0.29, 0.717) is 5.92 Å². The van der Waals surface area contributed by atoms with E-state index < -0.39 is 0 Å². The lowest BCUT2D eigenvalue weighted by Gasteiger charge is -2.21. The molecule has 0 aromatic heterocycles. The number of aryl methyl sites for hydroxylation is 1. The van der Waals surface area contributed by atoms with Gasteiger partial charge in [0.15, 0.2) is 0 Å². The standard InChI is InChI=1S/C16H26ClNO/c1-5-9-19-14-10-12(3)16(17)13(4)15(14)11(2)7-6-8-18/h10-11H,5-9,18H2,1-4H3. The molecule has 0 radical (unpaired) electrons. The Bertz CT molecular complexity index is 418. The van der Waals surface area contributed by atoms with E-state index in [1.54, 1.807) is 0 Å². The van der Waals surface area contributed by atoms with Crippen molar-refractivity contribution in [3.8, 4) is 5.75 Å². The molecule has 0 amide bonds. The fraction of sp³-hybridized carbons (Fsp3) is 0.625. The second kappa shape index (κ2) is 7.76. The summed E-state index contributed by atoms with van der Waals surface area (Å²) < 4.78 is 5.91. The fourth-order valence-electron chi connectivity index (χ4n) is 2.45. The predicted molar refractivity (Wildman–Crippen MR) is 83.4 cm³/mol. The number of rotatable bonds is 7. The Morgan fingerprint density at radius 1 is 1.37 bits per heavy atom. The molecule has 0 fully saturated rings. The molecule has 0 aliphatic carbocycles. The number of ether oxygens (including phenoxy) is 1. The molecule has 1 rings (SSSR count). The van der Waals surface area contributed by atoms with Crippen molar-refractivity contribution in [1.29, 1.82) is 0 Å². The van der Waals surface area contributed by atoms with Gasteiger partial charge in [-0.05, 0) is 62.8 Å². The Labute approximate surface area is 122 Å². The third kappa shape index (κ3) is 4.12. The maximum absolute atomic E-state index is 6.39. The van der Waals surface area contributed by atoms with E-state index in [1.165, 1.54) is 5.56 Å². The zero-order chi connectivity index (χ0) is 14.4. The summed E-state index contributed by atoms with van der Waals surface area (Å²) in [7, 11) is 0. The first-order chi connectivity index (χ1) is 9.02. The monoisotopic (exact) mass is 283 g/mol. The molecule has 19 heavy (non-hydrogen) atoms. The summed E-state index contributed by atoms with van der Waals surface area (Å²) in [6.45, 7) is 9.94. The molecular weight excluding hydrogens is 258 g/mol. The van der Waals surface area contributed by atoms with Gasteiger partial charge in [0.1, 0.15) is 5.75 Å². The first kappa shape index (κ1) is 16.3. The molecule has 108 valence electrons. The van der Waals surface area contributed by atoms with Gasteiger partial charge in [-0.2, -0.15) is 0 Å². The molecule has 0 heterocycles. The highest BCUT2D eigenvalue weighted by atomic mass is 35.5. The second-order valence-corrected chi connectivity index (χ2v) is 5.60. The molecule has 1 unspecified atom stereocenters. The number of nitrogens with two attached hydrogens (primary N) is 1. The molecular formula is C16H26ClNO. The fourth-order valence-corrected chi connectivity index (χ4v) is 2.61. The largest absolute Gasteiger partial charge is 0.493 e. The maximum Gasteiger partial charge on any atom is 0.123 e. The minimum atomic E-state index is 0.425. The summed E-state index contributed by atoms with van der Waals surface area (Å²) in [6.07, 6.45) is 3.11. The van der Waals surface area contributed by atoms with Crippen LogP contribution in [-0.2, 0) is 0 Å². The topological polar surface area (TPSA) is 35.2 Å². The third-order valence-electron chi connectivity index (χ3n) is 3.49. The van der Waals surface area contributed by atoms with Crippen molar-refractivity contribution in [2.45, 2.75) is 52.9 Å². The van der Waals surface area contributed by atoms with E-state index in [1.807, 2.05) is 6.92 Å². The van der Waals surface area contributed by atoms with Gasteiger partial charge in [0.25, 0.3) is 0 Å². The van der Waals surface area contributed by atoms with Crippen molar-refractivity contribution < 1.29 is 4.74 Å². The van der Waals surface area contributed by atoms with Gasteiger partial charge in [-0.25, -0.2) is 0 Å². The highest BCUT2D eigenvalue weighted by Crippen LogP contribution is 2.38. The van der Waals surface area contributed by atoms with E-state index in [-0.39, 0.29) is 0 Å². The van der Waals surface area contributed by atoms with Crippen LogP contribution in [0.4, 0.5) is 0 Å². The third-order valence-corrected chi connectivity index (χ3v) is 4.07. The van der Waals surface area contributed by atoms with Gasteiger partial charge in [-0.15, -0.1) is 0 Å². The van der Waals surface area contributed by atoms with E-state index in [0.717, 1.165) is 54.3 Å². The number of hydrogen-bond acceptors (Lipinski definition) is 2. The molecule has 0 aliphatic heterocycles. The number of benzene rings is 1. The van der Waals surface area contributed by atoms with Crippen LogP contribution in [-0.4, -0.2) is 13.2 Å². The lowest BCUT2D eigenvalue weighted by atomic mass is 9.90. The van der Waals surface area contributed by atoms with Gasteiger partial charge in [0.2, 0.25) is 0 Å². The van der Waals surface area contributed by atoms with E-state index in [4.69, 9.17) is 22.1 Å². The maximum atomic E-state index is 6.39. The van der Waals surface area contributed by atoms with Crippen LogP contribution in [0.5, 0.6) is 5.75 Å². The zero-order valence-corrected chi connectivity index (χ0v) is 13.3. The summed E-state index contributed by atoms with van der Waals surface area (Å²) in [4.78, 5) is 0. The van der Waals surface area contributed by atoms with Gasteiger partial charge in [0, 0.05) is 10.6 Å². The Morgan fingerprint density at radius 3 is 2.63 bits per heavy atom. The van der Waals surface area contributed by atoms with Crippen LogP contribution in [0.15, 0.2) is 6.07 Å². The van der Waals surface area contributed by atoms with E-state index in [9.17, 15) is 0 Å². The molecule has 1 aromatic carbocycles. The quantitative estimate of drug-likeness (QED) is 0.794. The minimum Gasteiger partial charge on any atom is -0.493 e. The summed E-state index contributed by atoms with van der Waals surface area (Å²) in [5.74, 6) is 1.42. The van der Waals surface area contributed by atoms with Gasteiger partial charge >= 0.3 is 0 Å². The lowest BCUT2D eigenvalue weighted by Crippen LogP contribution is -2.07. The average molecular weight is 284 g/mol. The van der Waals surface area contributed by atoms with Gasteiger partial charge in [0.05, 0.1) is 6.61 Å². The van der Waals surface area contributed by atoms with Crippen molar-refractivity contribution in [3.63, 3.8) is 0 Å². The van der Waals surface area contributed by atoms with Crippen molar-refractivity contribution in [1.82, 2.24) is 0 Å². The summed E-state index contributed by atoms with van der Waals surface area (Å²) in [5.41, 5.74) is 9.09. The summed E-state index contributed by atoms with van der Waals surface area (Å²) in [6, 6.07) is 2.07. The van der Waals surface area contributed by atoms with Gasteiger partial charge < -0.3 is 10.5 Å². The molecule has 3 heteroatoms. The lowest BCUT2D eigenvalue weighted by molar-refractivity contribution is 0.311. The summed E-state index contributed by atoms with van der Waals surface area (Å²) >= 11 is 6.39. The first-order valence-corrected chi connectivity index (χ1v) is 7.53. The Morgan fingerprint density at radius 2 is 2.05 bits per heavy atom. The molecule has 1 atom stereocenters. The first-order valence-electron chi connectivity index (χ1n) is 7.15. The Balaban J connectivity index is 3.12.